The molecule has 0 aromatic heterocycles. The molecule has 0 aromatic rings. The number of nitrogens with zero attached hydrogens (tertiary/aromatic N) is 2. The van der Waals surface area contributed by atoms with Crippen molar-refractivity contribution in [3.8, 4) is 0 Å². The van der Waals surface area contributed by atoms with E-state index < -0.39 is 11.8 Å². The van der Waals surface area contributed by atoms with Crippen LogP contribution in [0.25, 0.3) is 0 Å². The summed E-state index contributed by atoms with van der Waals surface area (Å²) in [7, 11) is 3.63. The number of amides is 2. The van der Waals surface area contributed by atoms with Crippen LogP contribution in [0.15, 0.2) is 0 Å². The fourth-order valence-corrected chi connectivity index (χ4v) is 1.61. The summed E-state index contributed by atoms with van der Waals surface area (Å²) in [5, 5.41) is 4.32. The fraction of sp³-hybridized carbons (Fsp3) is 0.818. The molecule has 0 spiro atoms. The zero-order valence-electron chi connectivity index (χ0n) is 11.1. The molecule has 0 radical (unpaired) electrons. The zero-order chi connectivity index (χ0) is 13.4. The molecular formula is C11H22N4O3. The van der Waals surface area contributed by atoms with Gasteiger partial charge in [-0.2, -0.15) is 0 Å². The summed E-state index contributed by atoms with van der Waals surface area (Å²) in [6, 6.07) is 0. The third-order valence-corrected chi connectivity index (χ3v) is 2.78. The van der Waals surface area contributed by atoms with Gasteiger partial charge >= 0.3 is 11.8 Å². The Morgan fingerprint density at radius 3 is 2.44 bits per heavy atom. The van der Waals surface area contributed by atoms with Crippen LogP contribution in [-0.4, -0.2) is 75.2 Å². The highest BCUT2D eigenvalue weighted by molar-refractivity contribution is 6.34. The van der Waals surface area contributed by atoms with E-state index in [0.717, 1.165) is 26.2 Å². The van der Waals surface area contributed by atoms with Crippen molar-refractivity contribution in [1.82, 2.24) is 20.7 Å². The maximum absolute atomic E-state index is 11.5. The van der Waals surface area contributed by atoms with Gasteiger partial charge in [0.05, 0.1) is 0 Å². The summed E-state index contributed by atoms with van der Waals surface area (Å²) in [5.41, 5.74) is 2.60. The van der Waals surface area contributed by atoms with Crippen LogP contribution in [-0.2, 0) is 14.3 Å². The number of carbonyl (C=O) groups is 2. The van der Waals surface area contributed by atoms with Gasteiger partial charge in [-0.15, -0.1) is 0 Å². The first-order chi connectivity index (χ1) is 8.63. The van der Waals surface area contributed by atoms with Gasteiger partial charge in [-0.05, 0) is 13.5 Å². The molecule has 1 heterocycles. The average Bonchev–Trinajstić information content (AvgIpc) is 2.37. The molecule has 2 amide bonds. The highest BCUT2D eigenvalue weighted by Crippen LogP contribution is 1.95. The molecule has 1 aliphatic heterocycles. The Bertz CT molecular complexity index is 277. The van der Waals surface area contributed by atoms with Crippen molar-refractivity contribution in [2.24, 2.45) is 0 Å². The SMILES string of the molecule is COCCCNC(=O)C(=O)NN1CCN(C)CC1. The lowest BCUT2D eigenvalue weighted by molar-refractivity contribution is -0.142. The fourth-order valence-electron chi connectivity index (χ4n) is 1.61. The van der Waals surface area contributed by atoms with E-state index in [1.54, 1.807) is 12.1 Å². The molecule has 7 nitrogen and oxygen atoms in total. The number of piperazine rings is 1. The van der Waals surface area contributed by atoms with E-state index in [1.807, 2.05) is 7.05 Å². The second-order valence-electron chi connectivity index (χ2n) is 4.33. The largest absolute Gasteiger partial charge is 0.385 e. The number of methoxy groups -OCH3 is 1. The summed E-state index contributed by atoms with van der Waals surface area (Å²) < 4.78 is 4.85. The van der Waals surface area contributed by atoms with Crippen molar-refractivity contribution in [1.29, 1.82) is 0 Å². The molecule has 104 valence electrons. The predicted molar refractivity (Wildman–Crippen MR) is 66.7 cm³/mol. The maximum atomic E-state index is 11.5. The third-order valence-electron chi connectivity index (χ3n) is 2.78. The Kier molecular flexibility index (Phi) is 6.63. The minimum absolute atomic E-state index is 0.447. The molecule has 0 bridgehead atoms. The predicted octanol–water partition coefficient (Wildman–Crippen LogP) is -1.58. The van der Waals surface area contributed by atoms with Gasteiger partial charge in [0.1, 0.15) is 0 Å². The summed E-state index contributed by atoms with van der Waals surface area (Å²) in [6.45, 7) is 4.26. The molecule has 18 heavy (non-hydrogen) atoms. The molecule has 0 atom stereocenters. The second kappa shape index (κ2) is 8.02. The minimum Gasteiger partial charge on any atom is -0.385 e. The van der Waals surface area contributed by atoms with Gasteiger partial charge in [0.15, 0.2) is 0 Å². The first-order valence-electron chi connectivity index (χ1n) is 6.14. The number of carbonyl (C=O) groups excluding carboxylic acids is 2. The van der Waals surface area contributed by atoms with Crippen LogP contribution in [0.1, 0.15) is 6.42 Å². The number of nitrogens with one attached hydrogen (secondary N) is 2. The molecule has 2 N–H and O–H groups in total. The van der Waals surface area contributed by atoms with Gasteiger partial charge in [-0.1, -0.05) is 0 Å². The van der Waals surface area contributed by atoms with Crippen molar-refractivity contribution in [3.63, 3.8) is 0 Å². The summed E-state index contributed by atoms with van der Waals surface area (Å²) >= 11 is 0. The lowest BCUT2D eigenvalue weighted by Crippen LogP contribution is -2.55. The minimum atomic E-state index is -0.600. The molecule has 0 saturated carbocycles. The topological polar surface area (TPSA) is 73.9 Å². The first-order valence-corrected chi connectivity index (χ1v) is 6.14. The van der Waals surface area contributed by atoms with Gasteiger partial charge in [-0.25, -0.2) is 5.01 Å². The van der Waals surface area contributed by atoms with Crippen molar-refractivity contribution in [2.75, 3.05) is 53.5 Å². The maximum Gasteiger partial charge on any atom is 0.323 e. The van der Waals surface area contributed by atoms with E-state index in [4.69, 9.17) is 4.74 Å². The highest BCUT2D eigenvalue weighted by atomic mass is 16.5. The van der Waals surface area contributed by atoms with Crippen molar-refractivity contribution in [3.05, 3.63) is 0 Å². The molecule has 1 saturated heterocycles. The number of ether oxygens (including phenoxy) is 1. The second-order valence-corrected chi connectivity index (χ2v) is 4.33. The molecule has 1 rings (SSSR count). The lowest BCUT2D eigenvalue weighted by atomic mass is 10.4. The van der Waals surface area contributed by atoms with E-state index in [-0.39, 0.29) is 0 Å². The molecular weight excluding hydrogens is 236 g/mol. The highest BCUT2D eigenvalue weighted by Gasteiger charge is 2.19. The van der Waals surface area contributed by atoms with Gasteiger partial charge in [0.25, 0.3) is 0 Å². The lowest BCUT2D eigenvalue weighted by Gasteiger charge is -2.32. The third kappa shape index (κ3) is 5.44. The first kappa shape index (κ1) is 14.9. The zero-order valence-corrected chi connectivity index (χ0v) is 11.1. The van der Waals surface area contributed by atoms with Crippen molar-refractivity contribution < 1.29 is 14.3 Å². The molecule has 0 unspecified atom stereocenters. The molecule has 0 aliphatic carbocycles. The van der Waals surface area contributed by atoms with E-state index in [0.29, 0.717) is 19.6 Å². The molecule has 1 fully saturated rings. The van der Waals surface area contributed by atoms with E-state index in [1.165, 1.54) is 0 Å². The van der Waals surface area contributed by atoms with Crippen molar-refractivity contribution >= 4 is 11.8 Å². The van der Waals surface area contributed by atoms with E-state index in [9.17, 15) is 9.59 Å². The Balaban J connectivity index is 2.17. The van der Waals surface area contributed by atoms with Crippen LogP contribution in [0.5, 0.6) is 0 Å². The van der Waals surface area contributed by atoms with E-state index >= 15 is 0 Å². The standard InChI is InChI=1S/C11H22N4O3/c1-14-5-7-15(8-6-14)13-11(17)10(16)12-4-3-9-18-2/h3-9H2,1-2H3,(H,12,16)(H,13,17). The van der Waals surface area contributed by atoms with Crippen LogP contribution in [0, 0.1) is 0 Å². The molecule has 0 aromatic carbocycles. The average molecular weight is 258 g/mol. The van der Waals surface area contributed by atoms with Gasteiger partial charge in [-0.3, -0.25) is 15.0 Å². The Morgan fingerprint density at radius 2 is 1.83 bits per heavy atom. The summed E-state index contributed by atoms with van der Waals surface area (Å²) in [6.07, 6.45) is 0.698. The quantitative estimate of drug-likeness (QED) is 0.460. The van der Waals surface area contributed by atoms with Crippen molar-refractivity contribution in [2.45, 2.75) is 6.42 Å². The van der Waals surface area contributed by atoms with Crippen LogP contribution in [0.4, 0.5) is 0 Å². The Hall–Kier alpha value is -1.18. The normalized spacial score (nSPS) is 17.4. The number of hydrogen-bond donors (Lipinski definition) is 2. The van der Waals surface area contributed by atoms with Crippen LogP contribution < -0.4 is 10.7 Å². The Labute approximate surface area is 107 Å². The van der Waals surface area contributed by atoms with Crippen LogP contribution in [0.2, 0.25) is 0 Å². The summed E-state index contributed by atoms with van der Waals surface area (Å²) in [5.74, 6) is -1.19. The molecule has 1 aliphatic rings. The number of likely N-dealkylation sites (N-methyl/N-ethyl adjacent to an activating group) is 1. The number of rotatable bonds is 5. The summed E-state index contributed by atoms with van der Waals surface area (Å²) in [4.78, 5) is 25.2. The van der Waals surface area contributed by atoms with E-state index in [2.05, 4.69) is 15.6 Å². The van der Waals surface area contributed by atoms with Crippen LogP contribution >= 0.6 is 0 Å². The Morgan fingerprint density at radius 1 is 1.17 bits per heavy atom. The van der Waals surface area contributed by atoms with Gasteiger partial charge in [0.2, 0.25) is 0 Å². The molecule has 7 heteroatoms. The monoisotopic (exact) mass is 258 g/mol. The van der Waals surface area contributed by atoms with Gasteiger partial charge in [0, 0.05) is 46.4 Å². The number of hydrazine groups is 1. The smallest absolute Gasteiger partial charge is 0.323 e. The van der Waals surface area contributed by atoms with Crippen LogP contribution in [0.3, 0.4) is 0 Å². The number of hydrogen-bond acceptors (Lipinski definition) is 5. The van der Waals surface area contributed by atoms with Gasteiger partial charge < -0.3 is 15.0 Å².